The Morgan fingerprint density at radius 2 is 2.11 bits per heavy atom. The van der Waals surface area contributed by atoms with E-state index in [4.69, 9.17) is 5.11 Å². The number of aryl methyl sites for hydroxylation is 1. The third-order valence-electron chi connectivity index (χ3n) is 2.80. The van der Waals surface area contributed by atoms with E-state index in [0.717, 1.165) is 0 Å². The van der Waals surface area contributed by atoms with Gasteiger partial charge in [0.2, 0.25) is 0 Å². The number of nitrogens with zero attached hydrogens (tertiary/aromatic N) is 3. The lowest BCUT2D eigenvalue weighted by Gasteiger charge is -1.98. The van der Waals surface area contributed by atoms with Crippen molar-refractivity contribution in [3.8, 4) is 11.4 Å². The number of carboxylic acid groups (broad SMARTS) is 1. The third kappa shape index (κ3) is 1.67. The molecule has 0 bridgehead atoms. The first-order chi connectivity index (χ1) is 9.08. The van der Waals surface area contributed by atoms with Crippen LogP contribution in [0.2, 0.25) is 0 Å². The van der Waals surface area contributed by atoms with Gasteiger partial charge in [-0.2, -0.15) is 4.98 Å². The molecule has 7 heteroatoms. The number of nitrogens with one attached hydrogen (secondary N) is 1. The highest BCUT2D eigenvalue weighted by molar-refractivity contribution is 5.88. The molecule has 3 aromatic rings. The largest absolute Gasteiger partial charge is 0.476 e. The average Bonchev–Trinajstić information content (AvgIpc) is 2.85. The summed E-state index contributed by atoms with van der Waals surface area (Å²) in [7, 11) is 0. The van der Waals surface area contributed by atoms with Crippen molar-refractivity contribution in [1.29, 1.82) is 0 Å². The van der Waals surface area contributed by atoms with Gasteiger partial charge in [0.25, 0.3) is 5.78 Å². The van der Waals surface area contributed by atoms with Crippen LogP contribution in [0.25, 0.3) is 17.2 Å². The number of aromatic carboxylic acids is 1. The first-order valence-corrected chi connectivity index (χ1v) is 5.51. The summed E-state index contributed by atoms with van der Waals surface area (Å²) in [6, 6.07) is 6.11. The topological polar surface area (TPSA) is 83.3 Å². The van der Waals surface area contributed by atoms with Crippen LogP contribution in [0.15, 0.2) is 24.3 Å². The number of H-pyrrole nitrogens is 1. The van der Waals surface area contributed by atoms with Crippen molar-refractivity contribution in [2.24, 2.45) is 0 Å². The van der Waals surface area contributed by atoms with Gasteiger partial charge in [-0.15, -0.1) is 0 Å². The summed E-state index contributed by atoms with van der Waals surface area (Å²) in [6.07, 6.45) is 0. The third-order valence-corrected chi connectivity index (χ3v) is 2.80. The number of benzene rings is 1. The van der Waals surface area contributed by atoms with E-state index in [1.165, 1.54) is 10.6 Å². The lowest BCUT2D eigenvalue weighted by Crippen LogP contribution is -2.04. The second kappa shape index (κ2) is 3.91. The van der Waals surface area contributed by atoms with Gasteiger partial charge in [0.05, 0.1) is 11.3 Å². The lowest BCUT2D eigenvalue weighted by atomic mass is 10.2. The second-order valence-electron chi connectivity index (χ2n) is 4.04. The maximum Gasteiger partial charge on any atom is 0.356 e. The zero-order valence-corrected chi connectivity index (χ0v) is 9.88. The molecule has 0 saturated carbocycles. The van der Waals surface area contributed by atoms with Crippen molar-refractivity contribution in [2.75, 3.05) is 0 Å². The van der Waals surface area contributed by atoms with Crippen LogP contribution in [0.1, 0.15) is 16.2 Å². The molecule has 2 heterocycles. The summed E-state index contributed by atoms with van der Waals surface area (Å²) in [5.41, 5.74) is 0.610. The number of halogens is 1. The molecule has 3 rings (SSSR count). The van der Waals surface area contributed by atoms with E-state index in [2.05, 4.69) is 15.1 Å². The fraction of sp³-hybridized carbons (Fsp3) is 0.0833. The van der Waals surface area contributed by atoms with Crippen molar-refractivity contribution >= 4 is 11.7 Å². The van der Waals surface area contributed by atoms with Crippen LogP contribution < -0.4 is 0 Å². The zero-order chi connectivity index (χ0) is 13.6. The van der Waals surface area contributed by atoms with Crippen molar-refractivity contribution in [1.82, 2.24) is 19.6 Å². The Kier molecular flexibility index (Phi) is 2.34. The molecule has 0 amide bonds. The maximum absolute atomic E-state index is 13.6. The number of carbonyl (C=O) groups is 1. The Hall–Kier alpha value is -2.70. The average molecular weight is 260 g/mol. The van der Waals surface area contributed by atoms with Gasteiger partial charge in [-0.05, 0) is 19.1 Å². The molecule has 0 fully saturated rings. The molecule has 96 valence electrons. The summed E-state index contributed by atoms with van der Waals surface area (Å²) in [6.45, 7) is 1.58. The van der Waals surface area contributed by atoms with Crippen LogP contribution >= 0.6 is 0 Å². The van der Waals surface area contributed by atoms with Crippen LogP contribution in [-0.2, 0) is 0 Å². The summed E-state index contributed by atoms with van der Waals surface area (Å²) >= 11 is 0. The molecule has 2 aromatic heterocycles. The molecular weight excluding hydrogens is 251 g/mol. The maximum atomic E-state index is 13.6. The quantitative estimate of drug-likeness (QED) is 0.736. The Labute approximate surface area is 106 Å². The van der Waals surface area contributed by atoms with E-state index in [1.54, 1.807) is 25.1 Å². The number of carboxylic acids is 1. The van der Waals surface area contributed by atoms with E-state index in [9.17, 15) is 9.18 Å². The van der Waals surface area contributed by atoms with Gasteiger partial charge in [0, 0.05) is 0 Å². The zero-order valence-electron chi connectivity index (χ0n) is 9.88. The predicted molar refractivity (Wildman–Crippen MR) is 64.4 cm³/mol. The van der Waals surface area contributed by atoms with Crippen molar-refractivity contribution in [3.63, 3.8) is 0 Å². The number of imidazole rings is 1. The van der Waals surface area contributed by atoms with Crippen LogP contribution in [0.3, 0.4) is 0 Å². The Balaban J connectivity index is 2.24. The number of aromatic nitrogens is 4. The number of hydrogen-bond donors (Lipinski definition) is 2. The highest BCUT2D eigenvalue weighted by Gasteiger charge is 2.19. The molecule has 0 aliphatic heterocycles. The second-order valence-corrected chi connectivity index (χ2v) is 4.04. The Morgan fingerprint density at radius 3 is 2.79 bits per heavy atom. The molecular formula is C12H9FN4O2. The van der Waals surface area contributed by atoms with Gasteiger partial charge in [0.15, 0.2) is 11.5 Å². The minimum Gasteiger partial charge on any atom is -0.476 e. The van der Waals surface area contributed by atoms with Gasteiger partial charge in [-0.1, -0.05) is 12.1 Å². The summed E-state index contributed by atoms with van der Waals surface area (Å²) in [5.74, 6) is -1.11. The van der Waals surface area contributed by atoms with Crippen molar-refractivity contribution in [2.45, 2.75) is 6.92 Å². The monoisotopic (exact) mass is 260 g/mol. The molecule has 0 aliphatic carbocycles. The van der Waals surface area contributed by atoms with Gasteiger partial charge >= 0.3 is 5.97 Å². The number of fused-ring (bicyclic) bond motifs is 1. The van der Waals surface area contributed by atoms with Crippen LogP contribution in [-0.4, -0.2) is 30.7 Å². The van der Waals surface area contributed by atoms with Crippen LogP contribution in [0, 0.1) is 12.7 Å². The molecule has 0 radical (unpaired) electrons. The van der Waals surface area contributed by atoms with Crippen LogP contribution in [0.4, 0.5) is 4.39 Å². The van der Waals surface area contributed by atoms with E-state index in [1.807, 2.05) is 0 Å². The van der Waals surface area contributed by atoms with Crippen molar-refractivity contribution in [3.05, 3.63) is 41.5 Å². The van der Waals surface area contributed by atoms with Gasteiger partial charge in [-0.3, -0.25) is 5.10 Å². The molecule has 0 atom stereocenters. The normalized spacial score (nSPS) is 11.1. The molecule has 0 unspecified atom stereocenters. The Bertz CT molecular complexity index is 790. The molecule has 19 heavy (non-hydrogen) atoms. The molecule has 0 spiro atoms. The van der Waals surface area contributed by atoms with E-state index in [0.29, 0.717) is 5.69 Å². The highest BCUT2D eigenvalue weighted by Crippen LogP contribution is 2.20. The van der Waals surface area contributed by atoms with Crippen LogP contribution in [0.5, 0.6) is 0 Å². The Morgan fingerprint density at radius 1 is 1.37 bits per heavy atom. The number of rotatable bonds is 2. The summed E-state index contributed by atoms with van der Waals surface area (Å²) in [4.78, 5) is 19.3. The minimum absolute atomic E-state index is 0.00918. The number of aromatic amines is 1. The lowest BCUT2D eigenvalue weighted by molar-refractivity contribution is 0.0687. The minimum atomic E-state index is -1.12. The van der Waals surface area contributed by atoms with Crippen molar-refractivity contribution < 1.29 is 14.3 Å². The fourth-order valence-corrected chi connectivity index (χ4v) is 1.95. The van der Waals surface area contributed by atoms with Gasteiger partial charge in [0.1, 0.15) is 5.82 Å². The molecule has 2 N–H and O–H groups in total. The highest BCUT2D eigenvalue weighted by atomic mass is 19.1. The van der Waals surface area contributed by atoms with Gasteiger partial charge in [-0.25, -0.2) is 18.7 Å². The van der Waals surface area contributed by atoms with Gasteiger partial charge < -0.3 is 5.11 Å². The first-order valence-electron chi connectivity index (χ1n) is 5.51. The predicted octanol–water partition coefficient (Wildman–Crippen LogP) is 1.87. The number of hydrogen-bond acceptors (Lipinski definition) is 3. The molecule has 0 saturated heterocycles. The smallest absolute Gasteiger partial charge is 0.356 e. The molecule has 6 nitrogen and oxygen atoms in total. The summed E-state index contributed by atoms with van der Waals surface area (Å²) in [5, 5.41) is 11.8. The first kappa shape index (κ1) is 11.4. The molecule has 0 aliphatic rings. The molecule has 1 aromatic carbocycles. The standard InChI is InChI=1S/C12H9FN4O2/c1-6-9(11(18)19)17-12(14-6)15-10(16-17)7-4-2-3-5-8(7)13/h2-5H,1H3,(H,18,19)(H,14,15,16). The summed E-state index contributed by atoms with van der Waals surface area (Å²) < 4.78 is 14.9. The van der Waals surface area contributed by atoms with E-state index < -0.39 is 11.8 Å². The van der Waals surface area contributed by atoms with E-state index >= 15 is 0 Å². The fourth-order valence-electron chi connectivity index (χ4n) is 1.95. The van der Waals surface area contributed by atoms with E-state index in [-0.39, 0.29) is 22.9 Å². The SMILES string of the molecule is Cc1nc2nc(-c3ccccc3F)[nH]n2c1C(=O)O.